The molecule has 3 aromatic heterocycles. The zero-order chi connectivity index (χ0) is 27.2. The Bertz CT molecular complexity index is 1800. The van der Waals surface area contributed by atoms with Gasteiger partial charge in [-0.25, -0.2) is 9.97 Å². The van der Waals surface area contributed by atoms with Crippen molar-refractivity contribution in [1.82, 2.24) is 19.9 Å². The van der Waals surface area contributed by atoms with Crippen molar-refractivity contribution in [2.75, 3.05) is 0 Å². The molecule has 0 saturated heterocycles. The van der Waals surface area contributed by atoms with Crippen molar-refractivity contribution in [3.8, 4) is 0 Å². The largest absolute Gasteiger partial charge is 2.00 e. The summed E-state index contributed by atoms with van der Waals surface area (Å²) in [5.74, 6) is 0. The maximum Gasteiger partial charge on any atom is 2.00 e. The van der Waals surface area contributed by atoms with Gasteiger partial charge in [0, 0.05) is 0 Å². The molecule has 0 aliphatic carbocycles. The van der Waals surface area contributed by atoms with E-state index in [2.05, 4.69) is 61.5 Å². The molecule has 5 rings (SSSR count). The minimum absolute atomic E-state index is 0. The molecule has 4 bridgehead atoms. The normalized spacial score (nSPS) is 11.8. The summed E-state index contributed by atoms with van der Waals surface area (Å²) in [7, 11) is 0. The summed E-state index contributed by atoms with van der Waals surface area (Å²) >= 11 is 0. The number of rotatable bonds is 0. The molecule has 0 amide bonds. The van der Waals surface area contributed by atoms with E-state index >= 15 is 0 Å². The monoisotopic (exact) mass is 697 g/mol. The summed E-state index contributed by atoms with van der Waals surface area (Å²) in [4.78, 5) is 45.0. The molecule has 0 atom stereocenters. The zero-order valence-corrected chi connectivity index (χ0v) is 25.1. The molecule has 0 radical (unpaired) electrons. The third-order valence-electron chi connectivity index (χ3n) is 6.66. The van der Waals surface area contributed by atoms with Crippen LogP contribution in [0.25, 0.3) is 43.9 Å². The first kappa shape index (κ1) is 28.4. The molecule has 0 fully saturated rings. The zero-order valence-electron chi connectivity index (χ0n) is 22.8. The maximum atomic E-state index is 13.4. The summed E-state index contributed by atoms with van der Waals surface area (Å²) in [5, 5.41) is 1.34. The van der Waals surface area contributed by atoms with Gasteiger partial charge in [0.25, 0.3) is 0 Å². The van der Waals surface area contributed by atoms with Crippen molar-refractivity contribution in [2.45, 2.75) is 52.4 Å². The Labute approximate surface area is 241 Å². The number of benzene rings is 2. The second-order valence-electron chi connectivity index (χ2n) is 11.6. The Hall–Kier alpha value is -3.63. The molecule has 0 saturated carbocycles. The smallest absolute Gasteiger partial charge is 0.621 e. The molecule has 200 valence electrons. The first-order valence-corrected chi connectivity index (χ1v) is 12.7. The summed E-state index contributed by atoms with van der Waals surface area (Å²) in [6.07, 6.45) is 0. The molecule has 0 unspecified atom stereocenters. The predicted octanol–water partition coefficient (Wildman–Crippen LogP) is 6.00. The van der Waals surface area contributed by atoms with Crippen LogP contribution in [0.1, 0.15) is 52.7 Å². The predicted molar refractivity (Wildman–Crippen MR) is 155 cm³/mol. The van der Waals surface area contributed by atoms with Crippen LogP contribution >= 0.6 is 0 Å². The van der Waals surface area contributed by atoms with Crippen LogP contribution < -0.4 is 21.1 Å². The summed E-state index contributed by atoms with van der Waals surface area (Å²) < 4.78 is 0. The van der Waals surface area contributed by atoms with Gasteiger partial charge in [-0.1, -0.05) is 90.1 Å². The summed E-state index contributed by atoms with van der Waals surface area (Å²) in [6, 6.07) is 22.1. The van der Waals surface area contributed by atoms with E-state index in [1.165, 1.54) is 0 Å². The molecule has 0 aliphatic heterocycles. The fourth-order valence-corrected chi connectivity index (χ4v) is 4.35. The Balaban J connectivity index is 0.00000353. The van der Waals surface area contributed by atoms with Crippen molar-refractivity contribution >= 4 is 43.9 Å². The third-order valence-corrected chi connectivity index (χ3v) is 6.66. The van der Waals surface area contributed by atoms with Gasteiger partial charge in [0.15, 0.2) is 0 Å². The van der Waals surface area contributed by atoms with Crippen LogP contribution in [-0.2, 0) is 31.9 Å². The van der Waals surface area contributed by atoms with Crippen molar-refractivity contribution in [3.63, 3.8) is 0 Å². The van der Waals surface area contributed by atoms with Crippen LogP contribution in [0.3, 0.4) is 0 Å². The van der Waals surface area contributed by atoms with Gasteiger partial charge in [0.2, 0.25) is 0 Å². The van der Waals surface area contributed by atoms with Gasteiger partial charge in [-0.15, -0.1) is 11.0 Å². The molecule has 0 spiro atoms. The van der Waals surface area contributed by atoms with Gasteiger partial charge in [0.1, 0.15) is 11.1 Å². The molecular formula is C32H30N4O2Pt. The second-order valence-corrected chi connectivity index (χ2v) is 11.6. The van der Waals surface area contributed by atoms with Gasteiger partial charge in [-0.05, 0) is 57.0 Å². The standard InChI is InChI=1S/C32H32N4O2.Pt/c1-31(2,3)19-13-15-25-21(17-19)23-9-7-11-27(33-23)30(38)36-26-16-14-20(32(4,5)6)18-22(26)24-10-8-12-28(34-24)29(37)35-25;/h7-18H,1-6H3,(H2,33,34,35,36,37,38);/q;+2/p-2. The average Bonchev–Trinajstić information content (AvgIpc) is 2.87. The first-order chi connectivity index (χ1) is 17.9. The van der Waals surface area contributed by atoms with Gasteiger partial charge >= 0.3 is 21.1 Å². The van der Waals surface area contributed by atoms with Crippen molar-refractivity contribution in [2.24, 2.45) is 0 Å². The topological polar surface area (TPSA) is 88.1 Å². The maximum absolute atomic E-state index is 13.4. The average molecular weight is 698 g/mol. The van der Waals surface area contributed by atoms with Crippen LogP contribution in [-0.4, -0.2) is 9.97 Å². The fourth-order valence-electron chi connectivity index (χ4n) is 4.35. The van der Waals surface area contributed by atoms with E-state index in [1.54, 1.807) is 24.3 Å². The van der Waals surface area contributed by atoms with Gasteiger partial charge in [-0.2, -0.15) is 0 Å². The molecule has 0 aliphatic rings. The van der Waals surface area contributed by atoms with E-state index in [1.807, 2.05) is 48.5 Å². The Morgan fingerprint density at radius 3 is 1.26 bits per heavy atom. The quantitative estimate of drug-likeness (QED) is 0.197. The van der Waals surface area contributed by atoms with E-state index in [-0.39, 0.29) is 42.9 Å². The number of fused-ring (bicyclic) bond motifs is 8. The van der Waals surface area contributed by atoms with Crippen molar-refractivity contribution in [1.29, 1.82) is 0 Å². The minimum Gasteiger partial charge on any atom is -0.621 e. The van der Waals surface area contributed by atoms with Gasteiger partial charge in [-0.3, -0.25) is 0 Å². The number of hydrogen-bond donors (Lipinski definition) is 0. The van der Waals surface area contributed by atoms with Crippen LogP contribution in [0, 0.1) is 0 Å². The van der Waals surface area contributed by atoms with Crippen LogP contribution in [0.2, 0.25) is 0 Å². The second kappa shape index (κ2) is 10.5. The van der Waals surface area contributed by atoms with E-state index in [0.717, 1.165) is 11.1 Å². The van der Waals surface area contributed by atoms with Crippen molar-refractivity contribution in [3.05, 3.63) is 105 Å². The van der Waals surface area contributed by atoms with Gasteiger partial charge in [0.05, 0.1) is 22.1 Å². The Morgan fingerprint density at radius 1 is 0.538 bits per heavy atom. The van der Waals surface area contributed by atoms with Crippen LogP contribution in [0.15, 0.2) is 82.4 Å². The Morgan fingerprint density at radius 2 is 0.897 bits per heavy atom. The van der Waals surface area contributed by atoms with Crippen LogP contribution in [0.5, 0.6) is 0 Å². The Kier molecular flexibility index (Phi) is 7.64. The molecule has 39 heavy (non-hydrogen) atoms. The number of hydrogen-bond acceptors (Lipinski definition) is 4. The molecular weight excluding hydrogens is 667 g/mol. The summed E-state index contributed by atoms with van der Waals surface area (Å²) in [5.41, 5.74) is 3.41. The molecule has 5 aromatic rings. The number of nitrogens with zero attached hydrogens (tertiary/aromatic N) is 4. The van der Waals surface area contributed by atoms with E-state index in [9.17, 15) is 9.59 Å². The SMILES string of the molecule is CC(C)(C)c1ccc2[n-]c(=O)c3cccc(n3)c3cc(C(C)(C)C)ccc3[n-]c(=O)c3cccc(n3)c2c1.[Pt+2]. The van der Waals surface area contributed by atoms with Gasteiger partial charge < -0.3 is 19.6 Å². The molecule has 0 N–H and O–H groups in total. The minimum atomic E-state index is -0.452. The third kappa shape index (κ3) is 5.86. The fraction of sp³-hybridized carbons (Fsp3) is 0.250. The van der Waals surface area contributed by atoms with E-state index in [4.69, 9.17) is 0 Å². The van der Waals surface area contributed by atoms with Crippen LogP contribution in [0.4, 0.5) is 0 Å². The molecule has 3 heterocycles. The first-order valence-electron chi connectivity index (χ1n) is 12.7. The molecule has 6 nitrogen and oxygen atoms in total. The van der Waals surface area contributed by atoms with E-state index in [0.29, 0.717) is 32.8 Å². The van der Waals surface area contributed by atoms with Crippen molar-refractivity contribution < 1.29 is 21.1 Å². The molecule has 7 heteroatoms. The van der Waals surface area contributed by atoms with E-state index < -0.39 is 11.1 Å². The number of aromatic nitrogens is 4. The number of pyridine rings is 2. The molecule has 2 aromatic carbocycles. The summed E-state index contributed by atoms with van der Waals surface area (Å²) in [6.45, 7) is 12.7.